The summed E-state index contributed by atoms with van der Waals surface area (Å²) in [6.45, 7) is 0.434. The predicted octanol–water partition coefficient (Wildman–Crippen LogP) is 4.44. The molecular formula is C19H15BrN2O. The normalized spacial score (nSPS) is 10.3. The van der Waals surface area contributed by atoms with Gasteiger partial charge in [0.15, 0.2) is 0 Å². The van der Waals surface area contributed by atoms with E-state index in [0.29, 0.717) is 12.1 Å². The number of nitrogens with zero attached hydrogens (tertiary/aromatic N) is 1. The van der Waals surface area contributed by atoms with Gasteiger partial charge >= 0.3 is 0 Å². The fourth-order valence-corrected chi connectivity index (χ4v) is 2.74. The van der Waals surface area contributed by atoms with Gasteiger partial charge in [0.1, 0.15) is 0 Å². The van der Waals surface area contributed by atoms with Gasteiger partial charge in [0.05, 0.1) is 5.69 Å². The van der Waals surface area contributed by atoms with E-state index in [2.05, 4.69) is 26.2 Å². The minimum Gasteiger partial charge on any atom is -0.348 e. The third-order valence-electron chi connectivity index (χ3n) is 3.46. The van der Waals surface area contributed by atoms with Crippen LogP contribution in [-0.2, 0) is 6.54 Å². The van der Waals surface area contributed by atoms with Crippen molar-refractivity contribution in [3.8, 4) is 11.3 Å². The number of aromatic nitrogens is 1. The standard InChI is InChI=1S/C19H15BrN2O/c20-17-10-4-8-15(12-17)19(23)22-13-16-9-5-11-21-18(16)14-6-2-1-3-7-14/h1-12H,13H2,(H,22,23). The molecule has 1 heterocycles. The number of benzene rings is 2. The second-order valence-corrected chi connectivity index (χ2v) is 5.99. The Labute approximate surface area is 143 Å². The number of carbonyl (C=O) groups excluding carboxylic acids is 1. The molecule has 0 unspecified atom stereocenters. The van der Waals surface area contributed by atoms with Crippen LogP contribution in [0.1, 0.15) is 15.9 Å². The molecule has 0 bridgehead atoms. The van der Waals surface area contributed by atoms with E-state index in [1.54, 1.807) is 18.3 Å². The summed E-state index contributed by atoms with van der Waals surface area (Å²) in [6.07, 6.45) is 1.77. The molecule has 0 aliphatic rings. The first kappa shape index (κ1) is 15.4. The lowest BCUT2D eigenvalue weighted by Crippen LogP contribution is -2.23. The van der Waals surface area contributed by atoms with Gasteiger partial charge in [0.25, 0.3) is 5.91 Å². The van der Waals surface area contributed by atoms with Gasteiger partial charge in [-0.1, -0.05) is 58.4 Å². The van der Waals surface area contributed by atoms with E-state index in [4.69, 9.17) is 0 Å². The largest absolute Gasteiger partial charge is 0.348 e. The number of amides is 1. The highest BCUT2D eigenvalue weighted by Gasteiger charge is 2.09. The van der Waals surface area contributed by atoms with E-state index < -0.39 is 0 Å². The molecule has 0 radical (unpaired) electrons. The Morgan fingerprint density at radius 1 is 1.00 bits per heavy atom. The Balaban J connectivity index is 1.78. The monoisotopic (exact) mass is 366 g/mol. The summed E-state index contributed by atoms with van der Waals surface area (Å²) >= 11 is 3.38. The van der Waals surface area contributed by atoms with Crippen LogP contribution in [0.2, 0.25) is 0 Å². The van der Waals surface area contributed by atoms with E-state index >= 15 is 0 Å². The first-order chi connectivity index (χ1) is 11.2. The predicted molar refractivity (Wildman–Crippen MR) is 95.0 cm³/mol. The van der Waals surface area contributed by atoms with Crippen LogP contribution in [0.25, 0.3) is 11.3 Å². The van der Waals surface area contributed by atoms with E-state index in [9.17, 15) is 4.79 Å². The Morgan fingerprint density at radius 3 is 2.61 bits per heavy atom. The van der Waals surface area contributed by atoms with Crippen LogP contribution in [-0.4, -0.2) is 10.9 Å². The van der Waals surface area contributed by atoms with Crippen molar-refractivity contribution in [3.05, 3.63) is 88.5 Å². The lowest BCUT2D eigenvalue weighted by Gasteiger charge is -2.10. The third kappa shape index (κ3) is 3.85. The van der Waals surface area contributed by atoms with Crippen LogP contribution in [0.5, 0.6) is 0 Å². The molecule has 0 aliphatic heterocycles. The van der Waals surface area contributed by atoms with Gasteiger partial charge in [0.2, 0.25) is 0 Å². The van der Waals surface area contributed by atoms with Gasteiger partial charge < -0.3 is 5.32 Å². The van der Waals surface area contributed by atoms with Crippen molar-refractivity contribution in [2.24, 2.45) is 0 Å². The molecule has 0 atom stereocenters. The van der Waals surface area contributed by atoms with Gasteiger partial charge in [-0.05, 0) is 29.8 Å². The molecule has 3 aromatic rings. The quantitative estimate of drug-likeness (QED) is 0.741. The number of halogens is 1. The van der Waals surface area contributed by atoms with Crippen molar-refractivity contribution in [3.63, 3.8) is 0 Å². The van der Waals surface area contributed by atoms with Crippen LogP contribution >= 0.6 is 15.9 Å². The number of nitrogens with one attached hydrogen (secondary N) is 1. The number of rotatable bonds is 4. The zero-order valence-corrected chi connectivity index (χ0v) is 14.0. The number of pyridine rings is 1. The van der Waals surface area contributed by atoms with Crippen molar-refractivity contribution < 1.29 is 4.79 Å². The van der Waals surface area contributed by atoms with Crippen molar-refractivity contribution in [2.75, 3.05) is 0 Å². The number of hydrogen-bond acceptors (Lipinski definition) is 2. The summed E-state index contributed by atoms with van der Waals surface area (Å²) in [6, 6.07) is 21.2. The van der Waals surface area contributed by atoms with Gasteiger partial charge in [-0.3, -0.25) is 9.78 Å². The third-order valence-corrected chi connectivity index (χ3v) is 3.96. The fourth-order valence-electron chi connectivity index (χ4n) is 2.34. The molecule has 1 aromatic heterocycles. The Kier molecular flexibility index (Phi) is 4.83. The molecule has 0 saturated heterocycles. The van der Waals surface area contributed by atoms with Crippen molar-refractivity contribution >= 4 is 21.8 Å². The Bertz CT molecular complexity index is 818. The van der Waals surface area contributed by atoms with Crippen LogP contribution in [0.15, 0.2) is 77.4 Å². The van der Waals surface area contributed by atoms with Crippen molar-refractivity contribution in [2.45, 2.75) is 6.54 Å². The molecule has 0 aliphatic carbocycles. The molecule has 2 aromatic carbocycles. The maximum Gasteiger partial charge on any atom is 0.251 e. The molecular weight excluding hydrogens is 352 g/mol. The average molecular weight is 367 g/mol. The van der Waals surface area contributed by atoms with Crippen molar-refractivity contribution in [1.82, 2.24) is 10.3 Å². The van der Waals surface area contributed by atoms with Crippen LogP contribution in [0.4, 0.5) is 0 Å². The molecule has 114 valence electrons. The Morgan fingerprint density at radius 2 is 1.83 bits per heavy atom. The zero-order valence-electron chi connectivity index (χ0n) is 12.4. The fraction of sp³-hybridized carbons (Fsp3) is 0.0526. The highest BCUT2D eigenvalue weighted by molar-refractivity contribution is 9.10. The molecule has 0 fully saturated rings. The minimum absolute atomic E-state index is 0.103. The number of carbonyl (C=O) groups is 1. The van der Waals surface area contributed by atoms with Gasteiger partial charge in [-0.15, -0.1) is 0 Å². The summed E-state index contributed by atoms with van der Waals surface area (Å²) < 4.78 is 0.886. The zero-order chi connectivity index (χ0) is 16.1. The lowest BCUT2D eigenvalue weighted by molar-refractivity contribution is 0.0951. The molecule has 23 heavy (non-hydrogen) atoms. The molecule has 0 saturated carbocycles. The van der Waals surface area contributed by atoms with E-state index in [-0.39, 0.29) is 5.91 Å². The first-order valence-corrected chi connectivity index (χ1v) is 8.06. The molecule has 0 spiro atoms. The smallest absolute Gasteiger partial charge is 0.251 e. The van der Waals surface area contributed by atoms with Crippen LogP contribution in [0, 0.1) is 0 Å². The molecule has 4 heteroatoms. The molecule has 1 amide bonds. The average Bonchev–Trinajstić information content (AvgIpc) is 2.60. The second kappa shape index (κ2) is 7.20. The molecule has 3 rings (SSSR count). The highest BCUT2D eigenvalue weighted by atomic mass is 79.9. The highest BCUT2D eigenvalue weighted by Crippen LogP contribution is 2.20. The van der Waals surface area contributed by atoms with Crippen LogP contribution in [0.3, 0.4) is 0 Å². The van der Waals surface area contributed by atoms with Gasteiger partial charge in [-0.2, -0.15) is 0 Å². The Hall–Kier alpha value is -2.46. The summed E-state index contributed by atoms with van der Waals surface area (Å²) in [7, 11) is 0. The van der Waals surface area contributed by atoms with Gasteiger partial charge in [-0.25, -0.2) is 0 Å². The summed E-state index contributed by atoms with van der Waals surface area (Å²) in [5.74, 6) is -0.103. The van der Waals surface area contributed by atoms with E-state index in [1.165, 1.54) is 0 Å². The SMILES string of the molecule is O=C(NCc1cccnc1-c1ccccc1)c1cccc(Br)c1. The maximum atomic E-state index is 12.3. The topological polar surface area (TPSA) is 42.0 Å². The summed E-state index contributed by atoms with van der Waals surface area (Å²) in [5.41, 5.74) is 3.55. The van der Waals surface area contributed by atoms with Crippen LogP contribution < -0.4 is 5.32 Å². The van der Waals surface area contributed by atoms with E-state index in [0.717, 1.165) is 21.3 Å². The summed E-state index contributed by atoms with van der Waals surface area (Å²) in [5, 5.41) is 2.95. The van der Waals surface area contributed by atoms with Gasteiger partial charge in [0, 0.05) is 28.3 Å². The maximum absolute atomic E-state index is 12.3. The number of hydrogen-bond donors (Lipinski definition) is 1. The second-order valence-electron chi connectivity index (χ2n) is 5.07. The summed E-state index contributed by atoms with van der Waals surface area (Å²) in [4.78, 5) is 16.7. The molecule has 1 N–H and O–H groups in total. The minimum atomic E-state index is -0.103. The van der Waals surface area contributed by atoms with Crippen molar-refractivity contribution in [1.29, 1.82) is 0 Å². The lowest BCUT2D eigenvalue weighted by atomic mass is 10.1. The molecule has 3 nitrogen and oxygen atoms in total. The first-order valence-electron chi connectivity index (χ1n) is 7.27. The van der Waals surface area contributed by atoms with E-state index in [1.807, 2.05) is 54.6 Å².